The maximum atomic E-state index is 12.6. The van der Waals surface area contributed by atoms with Crippen molar-refractivity contribution in [1.82, 2.24) is 0 Å². The minimum Gasteiger partial charge on any atom is -0.507 e. The maximum absolute atomic E-state index is 12.6. The molecule has 4 N–H and O–H groups in total. The molecular formula is C21H20O6. The molecule has 0 atom stereocenters. The number of rotatable bonds is 4. The van der Waals surface area contributed by atoms with Crippen LogP contribution in [0.2, 0.25) is 0 Å². The van der Waals surface area contributed by atoms with Gasteiger partial charge in [-0.1, -0.05) is 18.6 Å². The first-order valence-electron chi connectivity index (χ1n) is 8.51. The number of hydrogen-bond donors (Lipinski definition) is 4. The molecular weight excluding hydrogens is 348 g/mol. The molecule has 0 unspecified atom stereocenters. The van der Waals surface area contributed by atoms with E-state index in [1.54, 1.807) is 0 Å². The van der Waals surface area contributed by atoms with Gasteiger partial charge < -0.3 is 24.8 Å². The molecule has 27 heavy (non-hydrogen) atoms. The fourth-order valence-corrected chi connectivity index (χ4v) is 2.77. The number of phenolic OH excluding ortho intramolecular Hbond substituents is 4. The van der Waals surface area contributed by atoms with Crippen molar-refractivity contribution >= 4 is 11.0 Å². The minimum absolute atomic E-state index is 0.0166. The molecule has 0 amide bonds. The summed E-state index contributed by atoms with van der Waals surface area (Å²) in [4.78, 5) is 12.6. The van der Waals surface area contributed by atoms with Crippen molar-refractivity contribution < 1.29 is 24.8 Å². The van der Waals surface area contributed by atoms with E-state index >= 15 is 0 Å². The van der Waals surface area contributed by atoms with Gasteiger partial charge in [0.1, 0.15) is 28.2 Å². The number of fused-ring (bicyclic) bond motifs is 1. The Morgan fingerprint density at radius 3 is 2.44 bits per heavy atom. The highest BCUT2D eigenvalue weighted by molar-refractivity contribution is 5.88. The van der Waals surface area contributed by atoms with Crippen LogP contribution in [0.4, 0.5) is 0 Å². The van der Waals surface area contributed by atoms with Gasteiger partial charge in [0.15, 0.2) is 16.9 Å². The monoisotopic (exact) mass is 368 g/mol. The summed E-state index contributed by atoms with van der Waals surface area (Å²) in [6, 6.07) is 6.50. The Balaban J connectivity index is 2.17. The molecule has 6 nitrogen and oxygen atoms in total. The predicted molar refractivity (Wildman–Crippen MR) is 102 cm³/mol. The lowest BCUT2D eigenvalue weighted by molar-refractivity contribution is 0.404. The second-order valence-electron chi connectivity index (χ2n) is 6.38. The lowest BCUT2D eigenvalue weighted by atomic mass is 10.0. The lowest BCUT2D eigenvalue weighted by Gasteiger charge is -2.10. The van der Waals surface area contributed by atoms with Gasteiger partial charge in [-0.05, 0) is 38.0 Å². The Hall–Kier alpha value is -3.41. The molecule has 0 saturated carbocycles. The van der Waals surface area contributed by atoms with E-state index in [-0.39, 0.29) is 45.3 Å². The van der Waals surface area contributed by atoms with Crippen LogP contribution in [0.5, 0.6) is 23.0 Å². The smallest absolute Gasteiger partial charge is 0.197 e. The molecule has 0 bridgehead atoms. The van der Waals surface area contributed by atoms with Crippen LogP contribution in [0.25, 0.3) is 22.3 Å². The van der Waals surface area contributed by atoms with Crippen molar-refractivity contribution in [2.45, 2.75) is 26.7 Å². The van der Waals surface area contributed by atoms with Gasteiger partial charge in [0, 0.05) is 23.3 Å². The Bertz CT molecular complexity index is 1110. The topological polar surface area (TPSA) is 111 Å². The van der Waals surface area contributed by atoms with Crippen molar-refractivity contribution in [3.8, 4) is 34.3 Å². The van der Waals surface area contributed by atoms with E-state index in [1.165, 1.54) is 30.3 Å². The Labute approximate surface area is 155 Å². The third-order valence-electron chi connectivity index (χ3n) is 4.55. The van der Waals surface area contributed by atoms with Gasteiger partial charge in [-0.25, -0.2) is 0 Å². The SMILES string of the molecule is CCC(C)=CCc1c(O)cc2oc(-c3ccc(O)c(O)c3)cc(=O)c2c1O. The largest absolute Gasteiger partial charge is 0.507 e. The molecule has 3 rings (SSSR count). The van der Waals surface area contributed by atoms with Crippen LogP contribution in [-0.4, -0.2) is 20.4 Å². The van der Waals surface area contributed by atoms with Crippen molar-refractivity contribution in [1.29, 1.82) is 0 Å². The van der Waals surface area contributed by atoms with Gasteiger partial charge in [-0.3, -0.25) is 4.79 Å². The highest BCUT2D eigenvalue weighted by Gasteiger charge is 2.17. The summed E-state index contributed by atoms with van der Waals surface area (Å²) in [5, 5.41) is 39.8. The number of aromatic hydroxyl groups is 4. The Morgan fingerprint density at radius 1 is 1.04 bits per heavy atom. The third kappa shape index (κ3) is 3.46. The number of benzene rings is 2. The Morgan fingerprint density at radius 2 is 1.78 bits per heavy atom. The van der Waals surface area contributed by atoms with Gasteiger partial charge in [0.2, 0.25) is 0 Å². The molecule has 1 aromatic heterocycles. The summed E-state index contributed by atoms with van der Waals surface area (Å²) < 4.78 is 5.66. The average molecular weight is 368 g/mol. The van der Waals surface area contributed by atoms with E-state index < -0.39 is 5.43 Å². The second-order valence-corrected chi connectivity index (χ2v) is 6.38. The van der Waals surface area contributed by atoms with Gasteiger partial charge in [0.25, 0.3) is 0 Å². The molecule has 1 heterocycles. The van der Waals surface area contributed by atoms with Crippen LogP contribution in [0.15, 0.2) is 51.2 Å². The van der Waals surface area contributed by atoms with Crippen LogP contribution in [0.1, 0.15) is 25.8 Å². The fourth-order valence-electron chi connectivity index (χ4n) is 2.77. The first-order chi connectivity index (χ1) is 12.8. The molecule has 6 heteroatoms. The van der Waals surface area contributed by atoms with Crippen LogP contribution in [-0.2, 0) is 6.42 Å². The van der Waals surface area contributed by atoms with E-state index in [4.69, 9.17) is 4.42 Å². The van der Waals surface area contributed by atoms with E-state index in [0.717, 1.165) is 12.0 Å². The Kier molecular flexibility index (Phi) is 4.81. The van der Waals surface area contributed by atoms with E-state index in [2.05, 4.69) is 0 Å². The normalized spacial score (nSPS) is 11.9. The van der Waals surface area contributed by atoms with Gasteiger partial charge >= 0.3 is 0 Å². The number of phenols is 4. The summed E-state index contributed by atoms with van der Waals surface area (Å²) in [5.41, 5.74) is 1.28. The molecule has 0 aliphatic rings. The first-order valence-corrected chi connectivity index (χ1v) is 8.51. The zero-order chi connectivity index (χ0) is 19.7. The quantitative estimate of drug-likeness (QED) is 0.406. The molecule has 140 valence electrons. The van der Waals surface area contributed by atoms with Crippen molar-refractivity contribution in [2.24, 2.45) is 0 Å². The third-order valence-corrected chi connectivity index (χ3v) is 4.55. The molecule has 0 radical (unpaired) electrons. The molecule has 2 aromatic carbocycles. The molecule has 0 aliphatic carbocycles. The highest BCUT2D eigenvalue weighted by atomic mass is 16.3. The van der Waals surface area contributed by atoms with Crippen molar-refractivity contribution in [3.05, 3.63) is 57.8 Å². The van der Waals surface area contributed by atoms with Crippen molar-refractivity contribution in [2.75, 3.05) is 0 Å². The number of allylic oxidation sites excluding steroid dienone is 2. The van der Waals surface area contributed by atoms with Gasteiger partial charge in [-0.15, -0.1) is 0 Å². The fraction of sp³-hybridized carbons (Fsp3) is 0.190. The lowest BCUT2D eigenvalue weighted by Crippen LogP contribution is -2.02. The van der Waals surface area contributed by atoms with Crippen molar-refractivity contribution in [3.63, 3.8) is 0 Å². The minimum atomic E-state index is -0.478. The number of hydrogen-bond acceptors (Lipinski definition) is 6. The first kappa shape index (κ1) is 18.4. The van der Waals surface area contributed by atoms with Gasteiger partial charge in [-0.2, -0.15) is 0 Å². The molecule has 0 saturated heterocycles. The van der Waals surface area contributed by atoms with E-state index in [1.807, 2.05) is 19.9 Å². The second kappa shape index (κ2) is 7.07. The molecule has 0 fully saturated rings. The zero-order valence-corrected chi connectivity index (χ0v) is 15.0. The summed E-state index contributed by atoms with van der Waals surface area (Å²) >= 11 is 0. The van der Waals surface area contributed by atoms with Crippen LogP contribution < -0.4 is 5.43 Å². The van der Waals surface area contributed by atoms with Crippen LogP contribution in [0.3, 0.4) is 0 Å². The van der Waals surface area contributed by atoms with E-state index in [9.17, 15) is 25.2 Å². The summed E-state index contributed by atoms with van der Waals surface area (Å²) in [6.45, 7) is 3.95. The maximum Gasteiger partial charge on any atom is 0.197 e. The zero-order valence-electron chi connectivity index (χ0n) is 15.0. The highest BCUT2D eigenvalue weighted by Crippen LogP contribution is 2.37. The van der Waals surface area contributed by atoms with Crippen LogP contribution >= 0.6 is 0 Å². The summed E-state index contributed by atoms with van der Waals surface area (Å²) in [5.74, 6) is -0.990. The average Bonchev–Trinajstić information content (AvgIpc) is 2.62. The van der Waals surface area contributed by atoms with Crippen LogP contribution in [0, 0.1) is 0 Å². The summed E-state index contributed by atoms with van der Waals surface area (Å²) in [7, 11) is 0. The van der Waals surface area contributed by atoms with E-state index in [0.29, 0.717) is 12.0 Å². The standard InChI is InChI=1S/C21H20O6/c1-3-11(2)4-6-13-15(23)9-19-20(21(13)26)17(25)10-18(27-19)12-5-7-14(22)16(24)8-12/h4-5,7-10,22-24,26H,3,6H2,1-2H3. The predicted octanol–water partition coefficient (Wildman–Crippen LogP) is 4.18. The summed E-state index contributed by atoms with van der Waals surface area (Å²) in [6.07, 6.45) is 3.02. The molecule has 0 aliphatic heterocycles. The van der Waals surface area contributed by atoms with Gasteiger partial charge in [0.05, 0.1) is 0 Å². The molecule has 3 aromatic rings. The molecule has 0 spiro atoms.